The van der Waals surface area contributed by atoms with Crippen LogP contribution in [0.1, 0.15) is 23.6 Å². The Morgan fingerprint density at radius 1 is 0.700 bits per heavy atom. The molecule has 0 heteroatoms. The Morgan fingerprint density at radius 2 is 1.45 bits per heavy atom. The number of rotatable bonds is 1. The molecule has 0 aromatic heterocycles. The summed E-state index contributed by atoms with van der Waals surface area (Å²) in [6.07, 6.45) is 2.28. The average molecular weight is 255 g/mol. The third kappa shape index (κ3) is 1.69. The molecule has 1 radical (unpaired) electrons. The molecule has 0 aliphatic heterocycles. The summed E-state index contributed by atoms with van der Waals surface area (Å²) in [5.41, 5.74) is 6.70. The molecule has 4 rings (SSSR count). The first kappa shape index (κ1) is 11.5. The van der Waals surface area contributed by atoms with Crippen LogP contribution >= 0.6 is 0 Å². The highest BCUT2D eigenvalue weighted by Crippen LogP contribution is 2.38. The second-order valence-corrected chi connectivity index (χ2v) is 5.35. The SMILES string of the molecule is CC1=C(c2ccc3ccccc3c2)c2ccccc2[CH]1. The van der Waals surface area contributed by atoms with Crippen molar-refractivity contribution >= 4 is 16.3 Å². The lowest BCUT2D eigenvalue weighted by Gasteiger charge is -2.08. The van der Waals surface area contributed by atoms with Gasteiger partial charge in [0.25, 0.3) is 0 Å². The summed E-state index contributed by atoms with van der Waals surface area (Å²) in [4.78, 5) is 0. The Hall–Kier alpha value is -2.34. The van der Waals surface area contributed by atoms with Gasteiger partial charge in [0.2, 0.25) is 0 Å². The first-order chi connectivity index (χ1) is 9.83. The van der Waals surface area contributed by atoms with Gasteiger partial charge < -0.3 is 0 Å². The molecule has 0 amide bonds. The minimum atomic E-state index is 1.30. The standard InChI is InChI=1S/C20H15/c1-14-12-17-8-4-5-9-19(17)20(14)18-11-10-15-6-2-3-7-16(15)13-18/h2-13H,1H3. The molecule has 0 saturated heterocycles. The van der Waals surface area contributed by atoms with E-state index in [1.807, 2.05) is 0 Å². The van der Waals surface area contributed by atoms with Crippen LogP contribution in [0.5, 0.6) is 0 Å². The predicted octanol–water partition coefficient (Wildman–Crippen LogP) is 5.23. The third-order valence-electron chi connectivity index (χ3n) is 4.03. The summed E-state index contributed by atoms with van der Waals surface area (Å²) in [7, 11) is 0. The third-order valence-corrected chi connectivity index (χ3v) is 4.03. The molecular weight excluding hydrogens is 240 g/mol. The molecule has 0 fully saturated rings. The van der Waals surface area contributed by atoms with E-state index < -0.39 is 0 Å². The van der Waals surface area contributed by atoms with Crippen molar-refractivity contribution in [3.63, 3.8) is 0 Å². The Balaban J connectivity index is 1.93. The fourth-order valence-electron chi connectivity index (χ4n) is 3.10. The van der Waals surface area contributed by atoms with Crippen molar-refractivity contribution in [2.45, 2.75) is 6.92 Å². The van der Waals surface area contributed by atoms with Crippen molar-refractivity contribution in [3.05, 3.63) is 95.4 Å². The average Bonchev–Trinajstić information content (AvgIpc) is 2.82. The molecule has 0 N–H and O–H groups in total. The number of allylic oxidation sites excluding steroid dienone is 1. The van der Waals surface area contributed by atoms with Gasteiger partial charge in [-0.15, -0.1) is 0 Å². The summed E-state index contributed by atoms with van der Waals surface area (Å²) in [6.45, 7) is 2.20. The Labute approximate surface area is 119 Å². The van der Waals surface area contributed by atoms with Crippen molar-refractivity contribution in [3.8, 4) is 0 Å². The predicted molar refractivity (Wildman–Crippen MR) is 85.5 cm³/mol. The molecule has 0 heterocycles. The molecule has 0 atom stereocenters. The fraction of sp³-hybridized carbons (Fsp3) is 0.0500. The van der Waals surface area contributed by atoms with Crippen molar-refractivity contribution in [2.75, 3.05) is 0 Å². The van der Waals surface area contributed by atoms with Gasteiger partial charge >= 0.3 is 0 Å². The van der Waals surface area contributed by atoms with Crippen molar-refractivity contribution in [1.82, 2.24) is 0 Å². The summed E-state index contributed by atoms with van der Waals surface area (Å²) in [6, 6.07) is 23.9. The van der Waals surface area contributed by atoms with Crippen LogP contribution in [0.25, 0.3) is 16.3 Å². The molecule has 1 aliphatic rings. The Morgan fingerprint density at radius 3 is 2.35 bits per heavy atom. The van der Waals surface area contributed by atoms with Gasteiger partial charge in [-0.3, -0.25) is 0 Å². The lowest BCUT2D eigenvalue weighted by molar-refractivity contribution is 1.44. The largest absolute Gasteiger partial charge is 0.0619 e. The topological polar surface area (TPSA) is 0 Å². The number of hydrogen-bond acceptors (Lipinski definition) is 0. The molecule has 0 unspecified atom stereocenters. The zero-order valence-corrected chi connectivity index (χ0v) is 11.4. The molecule has 0 bridgehead atoms. The van der Waals surface area contributed by atoms with E-state index in [1.54, 1.807) is 0 Å². The van der Waals surface area contributed by atoms with Gasteiger partial charge in [-0.05, 0) is 46.0 Å². The molecule has 95 valence electrons. The Kier molecular flexibility index (Phi) is 2.50. The fourth-order valence-corrected chi connectivity index (χ4v) is 3.10. The molecule has 1 aliphatic carbocycles. The van der Waals surface area contributed by atoms with Crippen molar-refractivity contribution in [2.24, 2.45) is 0 Å². The molecular formula is C20H15. The van der Waals surface area contributed by atoms with Gasteiger partial charge in [-0.25, -0.2) is 0 Å². The lowest BCUT2D eigenvalue weighted by atomic mass is 9.95. The first-order valence-corrected chi connectivity index (χ1v) is 6.97. The van der Waals surface area contributed by atoms with E-state index in [4.69, 9.17) is 0 Å². The summed E-state index contributed by atoms with van der Waals surface area (Å²) >= 11 is 0. The maximum Gasteiger partial charge on any atom is 0.0168 e. The van der Waals surface area contributed by atoms with Crippen LogP contribution in [-0.2, 0) is 0 Å². The highest BCUT2D eigenvalue weighted by Gasteiger charge is 2.19. The minimum Gasteiger partial charge on any atom is -0.0619 e. The zero-order valence-electron chi connectivity index (χ0n) is 11.4. The van der Waals surface area contributed by atoms with E-state index in [-0.39, 0.29) is 0 Å². The molecule has 0 spiro atoms. The number of fused-ring (bicyclic) bond motifs is 2. The monoisotopic (exact) mass is 255 g/mol. The van der Waals surface area contributed by atoms with Gasteiger partial charge in [-0.2, -0.15) is 0 Å². The van der Waals surface area contributed by atoms with E-state index in [2.05, 4.69) is 80.1 Å². The maximum atomic E-state index is 2.30. The smallest absolute Gasteiger partial charge is 0.0168 e. The van der Waals surface area contributed by atoms with E-state index in [0.29, 0.717) is 0 Å². The van der Waals surface area contributed by atoms with Crippen LogP contribution < -0.4 is 0 Å². The van der Waals surface area contributed by atoms with Crippen LogP contribution in [0.2, 0.25) is 0 Å². The van der Waals surface area contributed by atoms with Crippen LogP contribution in [0.4, 0.5) is 0 Å². The summed E-state index contributed by atoms with van der Waals surface area (Å²) in [5, 5.41) is 2.60. The van der Waals surface area contributed by atoms with Gasteiger partial charge in [0.1, 0.15) is 0 Å². The highest BCUT2D eigenvalue weighted by atomic mass is 14.2. The van der Waals surface area contributed by atoms with Gasteiger partial charge in [-0.1, -0.05) is 66.2 Å². The first-order valence-electron chi connectivity index (χ1n) is 6.97. The molecule has 3 aromatic rings. The van der Waals surface area contributed by atoms with E-state index >= 15 is 0 Å². The van der Waals surface area contributed by atoms with Gasteiger partial charge in [0.15, 0.2) is 0 Å². The van der Waals surface area contributed by atoms with E-state index in [9.17, 15) is 0 Å². The van der Waals surface area contributed by atoms with Gasteiger partial charge in [0, 0.05) is 6.42 Å². The summed E-state index contributed by atoms with van der Waals surface area (Å²) in [5.74, 6) is 0. The maximum absolute atomic E-state index is 2.30. The molecule has 20 heavy (non-hydrogen) atoms. The number of benzene rings is 3. The minimum absolute atomic E-state index is 1.30. The van der Waals surface area contributed by atoms with Crippen molar-refractivity contribution in [1.29, 1.82) is 0 Å². The molecule has 0 nitrogen and oxygen atoms in total. The summed E-state index contributed by atoms with van der Waals surface area (Å²) < 4.78 is 0. The van der Waals surface area contributed by atoms with Crippen LogP contribution in [0, 0.1) is 6.42 Å². The van der Waals surface area contributed by atoms with Crippen LogP contribution in [0.3, 0.4) is 0 Å². The number of hydrogen-bond donors (Lipinski definition) is 0. The molecule has 0 saturated carbocycles. The van der Waals surface area contributed by atoms with E-state index in [1.165, 1.54) is 38.6 Å². The quantitative estimate of drug-likeness (QED) is 0.558. The van der Waals surface area contributed by atoms with Crippen molar-refractivity contribution < 1.29 is 0 Å². The van der Waals surface area contributed by atoms with Gasteiger partial charge in [0.05, 0.1) is 0 Å². The zero-order chi connectivity index (χ0) is 13.5. The normalized spacial score (nSPS) is 13.8. The second kappa shape index (κ2) is 4.35. The van der Waals surface area contributed by atoms with Crippen LogP contribution in [-0.4, -0.2) is 0 Å². The van der Waals surface area contributed by atoms with E-state index in [0.717, 1.165) is 0 Å². The Bertz CT molecular complexity index is 837. The lowest BCUT2D eigenvalue weighted by Crippen LogP contribution is -1.87. The molecule has 3 aromatic carbocycles. The van der Waals surface area contributed by atoms with Crippen LogP contribution in [0.15, 0.2) is 72.3 Å². The second-order valence-electron chi connectivity index (χ2n) is 5.35. The highest BCUT2D eigenvalue weighted by molar-refractivity contribution is 5.94.